The SMILES string of the molecule is CCC(C)C(NC(=O)c1ccc(C)c([N+](=O)[O-])c1)C(=O)Nc1nnc(-c2ccc(OC)cc2)s1. The van der Waals surface area contributed by atoms with Crippen molar-refractivity contribution in [3.05, 3.63) is 63.7 Å². The number of hydrogen-bond donors (Lipinski definition) is 2. The molecule has 0 bridgehead atoms. The Bertz CT molecular complexity index is 1190. The van der Waals surface area contributed by atoms with Crippen LogP contribution in [0.2, 0.25) is 0 Å². The van der Waals surface area contributed by atoms with E-state index in [9.17, 15) is 19.7 Å². The van der Waals surface area contributed by atoms with Crippen molar-refractivity contribution < 1.29 is 19.2 Å². The predicted octanol–water partition coefficient (Wildman–Crippen LogP) is 4.21. The summed E-state index contributed by atoms with van der Waals surface area (Å²) in [6, 6.07) is 10.6. The molecule has 0 aliphatic carbocycles. The molecule has 2 N–H and O–H groups in total. The highest BCUT2D eigenvalue weighted by molar-refractivity contribution is 7.18. The van der Waals surface area contributed by atoms with E-state index < -0.39 is 22.8 Å². The molecule has 1 heterocycles. The summed E-state index contributed by atoms with van der Waals surface area (Å²) in [5.74, 6) is -0.493. The molecule has 0 aliphatic rings. The fourth-order valence-corrected chi connectivity index (χ4v) is 3.93. The highest BCUT2D eigenvalue weighted by atomic mass is 32.1. The maximum absolute atomic E-state index is 13.0. The van der Waals surface area contributed by atoms with Gasteiger partial charge in [-0.15, -0.1) is 10.2 Å². The van der Waals surface area contributed by atoms with Gasteiger partial charge >= 0.3 is 0 Å². The molecule has 3 rings (SSSR count). The minimum absolute atomic E-state index is 0.108. The van der Waals surface area contributed by atoms with Crippen molar-refractivity contribution in [1.29, 1.82) is 0 Å². The van der Waals surface area contributed by atoms with Crippen LogP contribution >= 0.6 is 11.3 Å². The molecular weight excluding hydrogens is 458 g/mol. The monoisotopic (exact) mass is 483 g/mol. The zero-order valence-electron chi connectivity index (χ0n) is 19.2. The zero-order valence-corrected chi connectivity index (χ0v) is 20.0. The molecule has 0 fully saturated rings. The molecule has 11 heteroatoms. The number of aromatic nitrogens is 2. The van der Waals surface area contributed by atoms with E-state index in [2.05, 4.69) is 20.8 Å². The highest BCUT2D eigenvalue weighted by Gasteiger charge is 2.28. The van der Waals surface area contributed by atoms with E-state index in [1.165, 1.54) is 29.5 Å². The quantitative estimate of drug-likeness (QED) is 0.343. The van der Waals surface area contributed by atoms with Crippen LogP contribution in [-0.2, 0) is 4.79 Å². The van der Waals surface area contributed by atoms with Gasteiger partial charge in [-0.3, -0.25) is 25.0 Å². The first-order valence-corrected chi connectivity index (χ1v) is 11.4. The Morgan fingerprint density at radius 3 is 2.50 bits per heavy atom. The fourth-order valence-electron chi connectivity index (χ4n) is 3.18. The van der Waals surface area contributed by atoms with Crippen LogP contribution in [0.15, 0.2) is 42.5 Å². The Kier molecular flexibility index (Phi) is 7.90. The van der Waals surface area contributed by atoms with Crippen LogP contribution in [-0.4, -0.2) is 40.1 Å². The lowest BCUT2D eigenvalue weighted by Gasteiger charge is -2.23. The molecule has 3 aromatic rings. The number of amides is 2. The van der Waals surface area contributed by atoms with Gasteiger partial charge in [0.05, 0.1) is 12.0 Å². The second-order valence-corrected chi connectivity index (χ2v) is 8.70. The van der Waals surface area contributed by atoms with Gasteiger partial charge in [0.15, 0.2) is 0 Å². The fraction of sp³-hybridized carbons (Fsp3) is 0.304. The molecule has 2 aromatic carbocycles. The summed E-state index contributed by atoms with van der Waals surface area (Å²) < 4.78 is 5.15. The summed E-state index contributed by atoms with van der Waals surface area (Å²) in [5.41, 5.74) is 1.22. The van der Waals surface area contributed by atoms with Gasteiger partial charge in [-0.2, -0.15) is 0 Å². The van der Waals surface area contributed by atoms with E-state index in [0.29, 0.717) is 27.9 Å². The number of nitrogens with one attached hydrogen (secondary N) is 2. The summed E-state index contributed by atoms with van der Waals surface area (Å²) in [4.78, 5) is 36.5. The molecule has 0 aliphatic heterocycles. The molecule has 34 heavy (non-hydrogen) atoms. The third-order valence-electron chi connectivity index (χ3n) is 5.44. The molecule has 2 amide bonds. The Balaban J connectivity index is 1.75. The summed E-state index contributed by atoms with van der Waals surface area (Å²) in [7, 11) is 1.58. The Hall–Kier alpha value is -3.86. The smallest absolute Gasteiger partial charge is 0.273 e. The second-order valence-electron chi connectivity index (χ2n) is 7.73. The number of rotatable bonds is 9. The number of benzene rings is 2. The summed E-state index contributed by atoms with van der Waals surface area (Å²) in [5, 5.41) is 25.7. The maximum Gasteiger partial charge on any atom is 0.273 e. The van der Waals surface area contributed by atoms with Crippen LogP contribution in [0.3, 0.4) is 0 Å². The van der Waals surface area contributed by atoms with Crippen molar-refractivity contribution in [3.63, 3.8) is 0 Å². The number of aryl methyl sites for hydroxylation is 1. The van der Waals surface area contributed by atoms with Crippen molar-refractivity contribution in [2.75, 3.05) is 12.4 Å². The van der Waals surface area contributed by atoms with Crippen molar-refractivity contribution in [2.45, 2.75) is 33.2 Å². The maximum atomic E-state index is 13.0. The second kappa shape index (κ2) is 10.8. The minimum atomic E-state index is -0.869. The molecule has 0 spiro atoms. The lowest BCUT2D eigenvalue weighted by atomic mass is 9.97. The van der Waals surface area contributed by atoms with Crippen LogP contribution < -0.4 is 15.4 Å². The molecule has 2 unspecified atom stereocenters. The third kappa shape index (κ3) is 5.73. The Labute approximate surface area is 200 Å². The predicted molar refractivity (Wildman–Crippen MR) is 129 cm³/mol. The lowest BCUT2D eigenvalue weighted by molar-refractivity contribution is -0.385. The molecule has 0 saturated carbocycles. The van der Waals surface area contributed by atoms with Gasteiger partial charge < -0.3 is 10.1 Å². The topological polar surface area (TPSA) is 136 Å². The first-order chi connectivity index (χ1) is 16.2. The number of carbonyl (C=O) groups is 2. The minimum Gasteiger partial charge on any atom is -0.497 e. The van der Waals surface area contributed by atoms with Gasteiger partial charge in [-0.1, -0.05) is 37.7 Å². The third-order valence-corrected chi connectivity index (χ3v) is 6.33. The van der Waals surface area contributed by atoms with Gasteiger partial charge in [-0.25, -0.2) is 0 Å². The van der Waals surface area contributed by atoms with Gasteiger partial charge in [0.1, 0.15) is 16.8 Å². The number of nitro groups is 1. The first kappa shape index (κ1) is 24.8. The number of ether oxygens (including phenoxy) is 1. The van der Waals surface area contributed by atoms with E-state index in [1.807, 2.05) is 26.0 Å². The molecular formula is C23H25N5O5S. The van der Waals surface area contributed by atoms with E-state index in [1.54, 1.807) is 26.2 Å². The van der Waals surface area contributed by atoms with E-state index >= 15 is 0 Å². The average molecular weight is 484 g/mol. The zero-order chi connectivity index (χ0) is 24.8. The van der Waals surface area contributed by atoms with Crippen LogP contribution in [0.1, 0.15) is 36.2 Å². The number of nitrogens with zero attached hydrogens (tertiary/aromatic N) is 3. The Morgan fingerprint density at radius 2 is 1.88 bits per heavy atom. The van der Waals surface area contributed by atoms with Crippen molar-refractivity contribution in [1.82, 2.24) is 15.5 Å². The molecule has 2 atom stereocenters. The molecule has 10 nitrogen and oxygen atoms in total. The van der Waals surface area contributed by atoms with E-state index in [0.717, 1.165) is 5.56 Å². The van der Waals surface area contributed by atoms with E-state index in [4.69, 9.17) is 4.74 Å². The number of hydrogen-bond acceptors (Lipinski definition) is 8. The van der Waals surface area contributed by atoms with Gasteiger partial charge in [0, 0.05) is 22.8 Å². The van der Waals surface area contributed by atoms with Gasteiger partial charge in [-0.05, 0) is 43.2 Å². The molecule has 1 aromatic heterocycles. The number of carbonyl (C=O) groups excluding carboxylic acids is 2. The average Bonchev–Trinajstić information content (AvgIpc) is 3.30. The summed E-state index contributed by atoms with van der Waals surface area (Å²) in [6.07, 6.45) is 0.625. The summed E-state index contributed by atoms with van der Waals surface area (Å²) >= 11 is 1.20. The highest BCUT2D eigenvalue weighted by Crippen LogP contribution is 2.28. The van der Waals surface area contributed by atoms with Gasteiger partial charge in [0.25, 0.3) is 11.6 Å². The van der Waals surface area contributed by atoms with Crippen molar-refractivity contribution in [2.24, 2.45) is 5.92 Å². The van der Waals surface area contributed by atoms with E-state index in [-0.39, 0.29) is 17.2 Å². The molecule has 0 saturated heterocycles. The first-order valence-electron chi connectivity index (χ1n) is 10.6. The Morgan fingerprint density at radius 1 is 1.18 bits per heavy atom. The van der Waals surface area contributed by atoms with Crippen molar-refractivity contribution in [3.8, 4) is 16.3 Å². The normalized spacial score (nSPS) is 12.5. The number of methoxy groups -OCH3 is 1. The standard InChI is InChI=1S/C23H25N5O5S/c1-5-13(2)19(24-20(29)16-7-6-14(3)18(12-16)28(31)32)21(30)25-23-27-26-22(34-23)15-8-10-17(33-4)11-9-15/h6-13,19H,5H2,1-4H3,(H,24,29)(H,25,27,30). The molecule has 0 radical (unpaired) electrons. The van der Waals surface area contributed by atoms with Crippen LogP contribution in [0.4, 0.5) is 10.8 Å². The number of nitro benzene ring substituents is 1. The summed E-state index contributed by atoms with van der Waals surface area (Å²) in [6.45, 7) is 5.34. The van der Waals surface area contributed by atoms with Gasteiger partial charge in [0.2, 0.25) is 11.0 Å². The van der Waals surface area contributed by atoms with Crippen LogP contribution in [0, 0.1) is 23.0 Å². The van der Waals surface area contributed by atoms with Crippen molar-refractivity contribution >= 4 is 34.0 Å². The number of anilines is 1. The molecule has 178 valence electrons. The van der Waals surface area contributed by atoms with Crippen LogP contribution in [0.25, 0.3) is 10.6 Å². The largest absolute Gasteiger partial charge is 0.497 e. The van der Waals surface area contributed by atoms with Crippen LogP contribution in [0.5, 0.6) is 5.75 Å². The lowest BCUT2D eigenvalue weighted by Crippen LogP contribution is -2.47.